The lowest BCUT2D eigenvalue weighted by molar-refractivity contribution is -0.152. The number of carbonyl (C=O) groups is 2. The third-order valence-electron chi connectivity index (χ3n) is 4.29. The maximum absolute atomic E-state index is 12.3. The monoisotopic (exact) mass is 304 g/mol. The minimum Gasteiger partial charge on any atom is -0.467 e. The van der Waals surface area contributed by atoms with Crippen LogP contribution in [0.25, 0.3) is 0 Å². The Morgan fingerprint density at radius 1 is 1.23 bits per heavy atom. The van der Waals surface area contributed by atoms with Gasteiger partial charge >= 0.3 is 5.97 Å². The number of hydrogen-bond donors (Lipinski definition) is 2. The third kappa shape index (κ3) is 3.85. The minimum atomic E-state index is -0.875. The van der Waals surface area contributed by atoms with Gasteiger partial charge in [0, 0.05) is 12.5 Å². The van der Waals surface area contributed by atoms with E-state index in [2.05, 4.69) is 5.32 Å². The number of carbonyl (C=O) groups excluding carboxylic acids is 2. The van der Waals surface area contributed by atoms with Crippen LogP contribution in [-0.4, -0.2) is 24.5 Å². The Hall–Kier alpha value is -1.88. The topological polar surface area (TPSA) is 81.4 Å². The minimum absolute atomic E-state index is 0.156. The average Bonchev–Trinajstić information content (AvgIpc) is 2.55. The number of nitrogens with one attached hydrogen (secondary N) is 1. The zero-order chi connectivity index (χ0) is 16.0. The van der Waals surface area contributed by atoms with Gasteiger partial charge in [-0.15, -0.1) is 0 Å². The van der Waals surface area contributed by atoms with Crippen molar-refractivity contribution in [1.82, 2.24) is 5.32 Å². The van der Waals surface area contributed by atoms with Crippen molar-refractivity contribution < 1.29 is 14.3 Å². The zero-order valence-electron chi connectivity index (χ0n) is 13.0. The molecule has 1 fully saturated rings. The number of amides is 1. The lowest BCUT2D eigenvalue weighted by atomic mass is 9.81. The normalized spacial score (nSPS) is 18.3. The molecule has 1 aromatic rings. The van der Waals surface area contributed by atoms with Gasteiger partial charge in [-0.2, -0.15) is 0 Å². The van der Waals surface area contributed by atoms with Gasteiger partial charge in [-0.3, -0.25) is 4.79 Å². The van der Waals surface area contributed by atoms with Crippen molar-refractivity contribution in [2.24, 2.45) is 5.73 Å². The van der Waals surface area contributed by atoms with Crippen LogP contribution in [0.2, 0.25) is 0 Å². The molecule has 0 saturated heterocycles. The Labute approximate surface area is 131 Å². The molecule has 0 spiro atoms. The molecular formula is C17H24N2O3. The Morgan fingerprint density at radius 2 is 1.86 bits per heavy atom. The van der Waals surface area contributed by atoms with Gasteiger partial charge in [0.25, 0.3) is 0 Å². The van der Waals surface area contributed by atoms with Crippen molar-refractivity contribution in [1.29, 1.82) is 0 Å². The van der Waals surface area contributed by atoms with Crippen LogP contribution in [0.5, 0.6) is 0 Å². The number of rotatable bonds is 5. The Bertz CT molecular complexity index is 510. The van der Waals surface area contributed by atoms with E-state index in [1.807, 2.05) is 30.3 Å². The van der Waals surface area contributed by atoms with Crippen LogP contribution in [0.15, 0.2) is 30.3 Å². The summed E-state index contributed by atoms with van der Waals surface area (Å²) in [7, 11) is 1.36. The fourth-order valence-corrected chi connectivity index (χ4v) is 3.07. The molecule has 1 aliphatic rings. The number of nitrogens with two attached hydrogens (primary N) is 1. The molecule has 1 atom stereocenters. The largest absolute Gasteiger partial charge is 0.467 e. The second-order valence-electron chi connectivity index (χ2n) is 5.90. The van der Waals surface area contributed by atoms with Crippen molar-refractivity contribution in [3.63, 3.8) is 0 Å². The summed E-state index contributed by atoms with van der Waals surface area (Å²) in [6, 6.07) is 9.11. The number of benzene rings is 1. The molecule has 1 aliphatic carbocycles. The van der Waals surface area contributed by atoms with Crippen molar-refractivity contribution in [2.45, 2.75) is 50.1 Å². The fraction of sp³-hybridized carbons (Fsp3) is 0.529. The number of esters is 1. The highest BCUT2D eigenvalue weighted by Gasteiger charge is 2.42. The molecule has 0 aromatic heterocycles. The maximum atomic E-state index is 12.3. The van der Waals surface area contributed by atoms with Crippen LogP contribution in [-0.2, 0) is 14.3 Å². The molecular weight excluding hydrogens is 280 g/mol. The van der Waals surface area contributed by atoms with E-state index in [1.165, 1.54) is 7.11 Å². The van der Waals surface area contributed by atoms with Gasteiger partial charge in [0.05, 0.1) is 7.11 Å². The highest BCUT2D eigenvalue weighted by molar-refractivity contribution is 5.88. The van der Waals surface area contributed by atoms with E-state index >= 15 is 0 Å². The number of hydrogen-bond acceptors (Lipinski definition) is 4. The van der Waals surface area contributed by atoms with Crippen molar-refractivity contribution in [3.8, 4) is 0 Å². The van der Waals surface area contributed by atoms with Gasteiger partial charge in [0.15, 0.2) is 0 Å². The van der Waals surface area contributed by atoms with Crippen molar-refractivity contribution in [2.75, 3.05) is 7.11 Å². The third-order valence-corrected chi connectivity index (χ3v) is 4.29. The van der Waals surface area contributed by atoms with E-state index in [0.717, 1.165) is 24.8 Å². The molecule has 22 heavy (non-hydrogen) atoms. The summed E-state index contributed by atoms with van der Waals surface area (Å²) in [4.78, 5) is 24.4. The highest BCUT2D eigenvalue weighted by atomic mass is 16.5. The van der Waals surface area contributed by atoms with E-state index in [9.17, 15) is 9.59 Å². The Balaban J connectivity index is 2.01. The predicted octanol–water partition coefficient (Wildman–Crippen LogP) is 2.07. The first-order valence-corrected chi connectivity index (χ1v) is 7.77. The standard InChI is InChI=1S/C17H24N2O3/c1-22-16(21)17(10-6-3-7-11-17)19-15(20)12-14(18)13-8-4-2-5-9-13/h2,4-5,8-9,14H,3,6-7,10-12,18H2,1H3,(H,19,20). The molecule has 2 rings (SSSR count). The first-order chi connectivity index (χ1) is 10.6. The first-order valence-electron chi connectivity index (χ1n) is 7.77. The molecule has 0 radical (unpaired) electrons. The van der Waals surface area contributed by atoms with Crippen LogP contribution < -0.4 is 11.1 Å². The van der Waals surface area contributed by atoms with Gasteiger partial charge in [-0.05, 0) is 18.4 Å². The zero-order valence-corrected chi connectivity index (χ0v) is 13.0. The summed E-state index contributed by atoms with van der Waals surface area (Å²) in [5, 5.41) is 2.89. The molecule has 1 aromatic carbocycles. The Kier molecular flexibility index (Phi) is 5.55. The molecule has 5 nitrogen and oxygen atoms in total. The van der Waals surface area contributed by atoms with Crippen LogP contribution >= 0.6 is 0 Å². The lowest BCUT2D eigenvalue weighted by Gasteiger charge is -2.35. The molecule has 1 saturated carbocycles. The maximum Gasteiger partial charge on any atom is 0.331 e. The molecule has 1 amide bonds. The summed E-state index contributed by atoms with van der Waals surface area (Å²) < 4.78 is 4.90. The first kappa shape index (κ1) is 16.5. The van der Waals surface area contributed by atoms with E-state index in [4.69, 9.17) is 10.5 Å². The van der Waals surface area contributed by atoms with E-state index < -0.39 is 5.54 Å². The Morgan fingerprint density at radius 3 is 2.45 bits per heavy atom. The molecule has 0 aliphatic heterocycles. The van der Waals surface area contributed by atoms with Crippen molar-refractivity contribution in [3.05, 3.63) is 35.9 Å². The summed E-state index contributed by atoms with van der Waals surface area (Å²) >= 11 is 0. The van der Waals surface area contributed by atoms with Gasteiger partial charge in [-0.25, -0.2) is 4.79 Å². The summed E-state index contributed by atoms with van der Waals surface area (Å²) in [5.74, 6) is -0.558. The summed E-state index contributed by atoms with van der Waals surface area (Å²) in [6.45, 7) is 0. The second-order valence-corrected chi connectivity index (χ2v) is 5.90. The van der Waals surface area contributed by atoms with E-state index in [-0.39, 0.29) is 24.3 Å². The average molecular weight is 304 g/mol. The number of methoxy groups -OCH3 is 1. The van der Waals surface area contributed by atoms with Crippen LogP contribution in [0, 0.1) is 0 Å². The molecule has 3 N–H and O–H groups in total. The lowest BCUT2D eigenvalue weighted by Crippen LogP contribution is -2.56. The smallest absolute Gasteiger partial charge is 0.331 e. The van der Waals surface area contributed by atoms with Crippen molar-refractivity contribution >= 4 is 11.9 Å². The molecule has 0 bridgehead atoms. The van der Waals surface area contributed by atoms with Crippen LogP contribution in [0.1, 0.15) is 50.1 Å². The van der Waals surface area contributed by atoms with E-state index in [0.29, 0.717) is 12.8 Å². The number of ether oxygens (including phenoxy) is 1. The van der Waals surface area contributed by atoms with Crippen LogP contribution in [0.3, 0.4) is 0 Å². The van der Waals surface area contributed by atoms with E-state index in [1.54, 1.807) is 0 Å². The summed E-state index contributed by atoms with van der Waals surface area (Å²) in [5.41, 5.74) is 6.11. The van der Waals surface area contributed by atoms with Gasteiger partial charge in [0.2, 0.25) is 5.91 Å². The predicted molar refractivity (Wildman–Crippen MR) is 84.0 cm³/mol. The molecule has 5 heteroatoms. The summed E-state index contributed by atoms with van der Waals surface area (Å²) in [6.07, 6.45) is 4.33. The molecule has 120 valence electrons. The van der Waals surface area contributed by atoms with Gasteiger partial charge < -0.3 is 15.8 Å². The second kappa shape index (κ2) is 7.40. The molecule has 0 heterocycles. The SMILES string of the molecule is COC(=O)C1(NC(=O)CC(N)c2ccccc2)CCCCC1. The quantitative estimate of drug-likeness (QED) is 0.816. The van der Waals surface area contributed by atoms with Crippen LogP contribution in [0.4, 0.5) is 0 Å². The fourth-order valence-electron chi connectivity index (χ4n) is 3.07. The highest BCUT2D eigenvalue weighted by Crippen LogP contribution is 2.29. The van der Waals surface area contributed by atoms with Gasteiger partial charge in [-0.1, -0.05) is 49.6 Å². The van der Waals surface area contributed by atoms with Gasteiger partial charge in [0.1, 0.15) is 5.54 Å². The molecule has 1 unspecified atom stereocenters.